The van der Waals surface area contributed by atoms with Gasteiger partial charge < -0.3 is 15.0 Å². The highest BCUT2D eigenvalue weighted by atomic mass is 32.1. The highest BCUT2D eigenvalue weighted by Gasteiger charge is 2.22. The van der Waals surface area contributed by atoms with Crippen LogP contribution in [0, 0.1) is 0 Å². The van der Waals surface area contributed by atoms with Gasteiger partial charge in [0.2, 0.25) is 0 Å². The molecule has 24 heavy (non-hydrogen) atoms. The summed E-state index contributed by atoms with van der Waals surface area (Å²) in [6.45, 7) is 5.71. The Hall–Kier alpha value is -2.01. The topological polar surface area (TPSA) is 36.9 Å². The van der Waals surface area contributed by atoms with Crippen molar-refractivity contribution in [1.82, 2.24) is 10.2 Å². The first kappa shape index (κ1) is 16.8. The van der Waals surface area contributed by atoms with Gasteiger partial charge in [0.1, 0.15) is 11.9 Å². The molecule has 1 fully saturated rings. The van der Waals surface area contributed by atoms with Crippen LogP contribution in [0.1, 0.15) is 25.3 Å². The second-order valence-corrected chi connectivity index (χ2v) is 6.70. The van der Waals surface area contributed by atoms with Crippen molar-refractivity contribution in [3.63, 3.8) is 0 Å². The largest absolute Gasteiger partial charge is 0.490 e. The summed E-state index contributed by atoms with van der Waals surface area (Å²) in [4.78, 5) is 7.13. The molecule has 2 aromatic rings. The van der Waals surface area contributed by atoms with Gasteiger partial charge in [-0.05, 0) is 41.4 Å². The smallest absolute Gasteiger partial charge is 0.194 e. The number of ether oxygens (including phenoxy) is 1. The first-order valence-electron chi connectivity index (χ1n) is 8.61. The number of nitrogens with zero attached hydrogens (tertiary/aromatic N) is 2. The molecular formula is C19H25N3OS. The Labute approximate surface area is 148 Å². The summed E-state index contributed by atoms with van der Waals surface area (Å²) < 4.78 is 6.08. The van der Waals surface area contributed by atoms with Crippen molar-refractivity contribution in [1.29, 1.82) is 0 Å². The Kier molecular flexibility index (Phi) is 6.13. The van der Waals surface area contributed by atoms with Crippen LogP contribution in [0.5, 0.6) is 5.75 Å². The average Bonchev–Trinajstić information content (AvgIpc) is 3.14. The molecule has 0 spiro atoms. The molecule has 0 unspecified atom stereocenters. The predicted molar refractivity (Wildman–Crippen MR) is 101 cm³/mol. The normalized spacial score (nSPS) is 16.2. The van der Waals surface area contributed by atoms with Gasteiger partial charge in [-0.2, -0.15) is 11.3 Å². The van der Waals surface area contributed by atoms with Gasteiger partial charge in [-0.15, -0.1) is 0 Å². The Bertz CT molecular complexity index is 619. The van der Waals surface area contributed by atoms with Crippen molar-refractivity contribution >= 4 is 17.3 Å². The fraction of sp³-hybridized carbons (Fsp3) is 0.421. The lowest BCUT2D eigenvalue weighted by Crippen LogP contribution is -2.47. The summed E-state index contributed by atoms with van der Waals surface area (Å²) in [5.74, 6) is 1.98. The molecule has 5 heteroatoms. The minimum absolute atomic E-state index is 0.295. The molecule has 1 saturated heterocycles. The molecule has 4 nitrogen and oxygen atoms in total. The number of nitrogens with one attached hydrogen (secondary N) is 1. The number of hydrogen-bond acceptors (Lipinski definition) is 3. The Balaban J connectivity index is 1.54. The molecule has 0 radical (unpaired) electrons. The van der Waals surface area contributed by atoms with E-state index in [1.807, 2.05) is 30.3 Å². The lowest BCUT2D eigenvalue weighted by molar-refractivity contribution is 0.129. The molecular weight excluding hydrogens is 318 g/mol. The number of guanidine groups is 1. The maximum Gasteiger partial charge on any atom is 0.194 e. The second-order valence-electron chi connectivity index (χ2n) is 5.92. The van der Waals surface area contributed by atoms with E-state index in [-0.39, 0.29) is 0 Å². The highest BCUT2D eigenvalue weighted by molar-refractivity contribution is 7.07. The molecule has 0 bridgehead atoms. The van der Waals surface area contributed by atoms with Crippen LogP contribution < -0.4 is 10.1 Å². The SMILES string of the molecule is CCNC(=NCc1ccsc1)N1CCC(Oc2ccccc2)CC1. The standard InChI is InChI=1S/C19H25N3OS/c1-2-20-19(21-14-16-10-13-24-15-16)22-11-8-18(9-12-22)23-17-6-4-3-5-7-17/h3-7,10,13,15,18H,2,8-9,11-12,14H2,1H3,(H,20,21). The molecule has 0 atom stereocenters. The van der Waals surface area contributed by atoms with E-state index in [0.29, 0.717) is 6.10 Å². The molecule has 3 rings (SSSR count). The third-order valence-corrected chi connectivity index (χ3v) is 4.85. The third-order valence-electron chi connectivity index (χ3n) is 4.11. The number of thiophene rings is 1. The summed E-state index contributed by atoms with van der Waals surface area (Å²) in [5, 5.41) is 7.68. The average molecular weight is 343 g/mol. The quantitative estimate of drug-likeness (QED) is 0.663. The fourth-order valence-electron chi connectivity index (χ4n) is 2.85. The third kappa shape index (κ3) is 4.74. The van der Waals surface area contributed by atoms with Gasteiger partial charge in [-0.25, -0.2) is 4.99 Å². The fourth-order valence-corrected chi connectivity index (χ4v) is 3.51. The molecule has 1 aromatic heterocycles. The first-order valence-corrected chi connectivity index (χ1v) is 9.55. The Morgan fingerprint density at radius 2 is 2.04 bits per heavy atom. The summed E-state index contributed by atoms with van der Waals surface area (Å²) in [6.07, 6.45) is 2.35. The van der Waals surface area contributed by atoms with Gasteiger partial charge in [0, 0.05) is 32.5 Å². The lowest BCUT2D eigenvalue weighted by atomic mass is 10.1. The number of likely N-dealkylation sites (tertiary alicyclic amines) is 1. The van der Waals surface area contributed by atoms with Crippen molar-refractivity contribution in [2.75, 3.05) is 19.6 Å². The molecule has 0 aliphatic carbocycles. The minimum Gasteiger partial charge on any atom is -0.490 e. The van der Waals surface area contributed by atoms with E-state index in [0.717, 1.165) is 50.7 Å². The van der Waals surface area contributed by atoms with Crippen molar-refractivity contribution in [2.24, 2.45) is 4.99 Å². The van der Waals surface area contributed by atoms with Gasteiger partial charge in [-0.1, -0.05) is 18.2 Å². The van der Waals surface area contributed by atoms with Crippen molar-refractivity contribution in [2.45, 2.75) is 32.4 Å². The summed E-state index contributed by atoms with van der Waals surface area (Å²) in [6, 6.07) is 12.2. The molecule has 2 heterocycles. The summed E-state index contributed by atoms with van der Waals surface area (Å²) >= 11 is 1.72. The number of para-hydroxylation sites is 1. The monoisotopic (exact) mass is 343 g/mol. The molecule has 0 amide bonds. The van der Waals surface area contributed by atoms with Gasteiger partial charge >= 0.3 is 0 Å². The predicted octanol–water partition coefficient (Wildman–Crippen LogP) is 3.76. The Morgan fingerprint density at radius 3 is 2.71 bits per heavy atom. The molecule has 0 saturated carbocycles. The van der Waals surface area contributed by atoms with E-state index >= 15 is 0 Å². The first-order chi connectivity index (χ1) is 11.8. The van der Waals surface area contributed by atoms with Gasteiger partial charge in [0.05, 0.1) is 6.54 Å². The minimum atomic E-state index is 0.295. The van der Waals surface area contributed by atoms with E-state index in [4.69, 9.17) is 9.73 Å². The van der Waals surface area contributed by atoms with Crippen LogP contribution in [0.2, 0.25) is 0 Å². The van der Waals surface area contributed by atoms with Gasteiger partial charge in [0.15, 0.2) is 5.96 Å². The second kappa shape index (κ2) is 8.73. The molecule has 1 aromatic carbocycles. The Morgan fingerprint density at radius 1 is 1.25 bits per heavy atom. The van der Waals surface area contributed by atoms with E-state index < -0.39 is 0 Å². The van der Waals surface area contributed by atoms with Crippen LogP contribution in [-0.2, 0) is 6.54 Å². The van der Waals surface area contributed by atoms with Crippen molar-refractivity contribution in [3.05, 3.63) is 52.7 Å². The van der Waals surface area contributed by atoms with Crippen LogP contribution in [0.3, 0.4) is 0 Å². The van der Waals surface area contributed by atoms with Gasteiger partial charge in [0.25, 0.3) is 0 Å². The molecule has 1 N–H and O–H groups in total. The van der Waals surface area contributed by atoms with Crippen LogP contribution in [0.4, 0.5) is 0 Å². The van der Waals surface area contributed by atoms with Crippen LogP contribution in [0.25, 0.3) is 0 Å². The van der Waals surface area contributed by atoms with E-state index in [1.54, 1.807) is 11.3 Å². The van der Waals surface area contributed by atoms with Crippen molar-refractivity contribution < 1.29 is 4.74 Å². The van der Waals surface area contributed by atoms with Crippen LogP contribution in [0.15, 0.2) is 52.2 Å². The number of hydrogen-bond donors (Lipinski definition) is 1. The zero-order valence-electron chi connectivity index (χ0n) is 14.1. The van der Waals surface area contributed by atoms with Crippen LogP contribution in [-0.4, -0.2) is 36.6 Å². The molecule has 128 valence electrons. The molecule has 1 aliphatic heterocycles. The number of aliphatic imine (C=N–C) groups is 1. The zero-order valence-corrected chi connectivity index (χ0v) is 15.0. The molecule has 1 aliphatic rings. The lowest BCUT2D eigenvalue weighted by Gasteiger charge is -2.34. The van der Waals surface area contributed by atoms with E-state index in [1.165, 1.54) is 5.56 Å². The van der Waals surface area contributed by atoms with Crippen molar-refractivity contribution in [3.8, 4) is 5.75 Å². The summed E-state index contributed by atoms with van der Waals surface area (Å²) in [7, 11) is 0. The van der Waals surface area contributed by atoms with E-state index in [2.05, 4.69) is 34.0 Å². The zero-order chi connectivity index (χ0) is 16.6. The van der Waals surface area contributed by atoms with Gasteiger partial charge in [-0.3, -0.25) is 0 Å². The number of benzene rings is 1. The summed E-state index contributed by atoms with van der Waals surface area (Å²) in [5.41, 5.74) is 1.28. The van der Waals surface area contributed by atoms with E-state index in [9.17, 15) is 0 Å². The maximum atomic E-state index is 6.08. The highest BCUT2D eigenvalue weighted by Crippen LogP contribution is 2.19. The number of piperidine rings is 1. The van der Waals surface area contributed by atoms with Crippen LogP contribution >= 0.6 is 11.3 Å². The number of rotatable bonds is 5. The maximum absolute atomic E-state index is 6.08.